The van der Waals surface area contributed by atoms with Crippen LogP contribution in [0.1, 0.15) is 51.3 Å². The van der Waals surface area contributed by atoms with Crippen molar-refractivity contribution in [3.8, 4) is 17.2 Å². The Labute approximate surface area is 200 Å². The number of fused-ring (bicyclic) bond motifs is 3. The van der Waals surface area contributed by atoms with Crippen molar-refractivity contribution in [3.63, 3.8) is 0 Å². The number of aromatic hydroxyl groups is 1. The van der Waals surface area contributed by atoms with E-state index in [1.54, 1.807) is 12.1 Å². The number of nitrogens with zero attached hydrogens (tertiary/aromatic N) is 1. The van der Waals surface area contributed by atoms with E-state index < -0.39 is 46.6 Å². The molecule has 0 unspecified atom stereocenters. The molecule has 2 aromatic rings. The van der Waals surface area contributed by atoms with Crippen molar-refractivity contribution < 1.29 is 38.9 Å². The fraction of sp³-hybridized carbons (Fsp3) is 0.280. The number of allylic oxidation sites excluding steroid dienone is 1. The van der Waals surface area contributed by atoms with Gasteiger partial charge in [0.2, 0.25) is 0 Å². The van der Waals surface area contributed by atoms with Crippen LogP contribution in [0, 0.1) is 5.92 Å². The van der Waals surface area contributed by atoms with Crippen LogP contribution in [0.4, 0.5) is 5.69 Å². The highest BCUT2D eigenvalue weighted by Gasteiger charge is 2.42. The van der Waals surface area contributed by atoms with E-state index in [0.29, 0.717) is 17.5 Å². The van der Waals surface area contributed by atoms with Crippen molar-refractivity contribution in [3.05, 3.63) is 51.6 Å². The molecule has 2 aliphatic carbocycles. The Morgan fingerprint density at radius 1 is 1.03 bits per heavy atom. The number of esters is 2. The van der Waals surface area contributed by atoms with Crippen molar-refractivity contribution in [2.45, 2.75) is 26.7 Å². The number of primary amides is 1. The van der Waals surface area contributed by atoms with Gasteiger partial charge in [-0.1, -0.05) is 0 Å². The molecule has 1 amide bonds. The first-order valence-electron chi connectivity index (χ1n) is 10.8. The minimum Gasteiger partial charge on any atom is -0.507 e. The molecule has 35 heavy (non-hydrogen) atoms. The van der Waals surface area contributed by atoms with Gasteiger partial charge in [-0.15, -0.1) is 0 Å². The summed E-state index contributed by atoms with van der Waals surface area (Å²) in [5, 5.41) is 21.8. The van der Waals surface area contributed by atoms with Crippen LogP contribution in [-0.4, -0.2) is 47.9 Å². The monoisotopic (exact) mass is 480 g/mol. The van der Waals surface area contributed by atoms with Gasteiger partial charge in [0.1, 0.15) is 22.8 Å². The predicted octanol–water partition coefficient (Wildman–Crippen LogP) is 2.29. The summed E-state index contributed by atoms with van der Waals surface area (Å²) in [4.78, 5) is 51.1. The Morgan fingerprint density at radius 2 is 1.69 bits per heavy atom. The van der Waals surface area contributed by atoms with Gasteiger partial charge in [-0.3, -0.25) is 19.2 Å². The molecular formula is C25H24N2O8. The number of anilines is 1. The van der Waals surface area contributed by atoms with Crippen molar-refractivity contribution in [2.24, 2.45) is 11.7 Å². The van der Waals surface area contributed by atoms with Crippen molar-refractivity contribution in [1.82, 2.24) is 0 Å². The number of benzene rings is 2. The summed E-state index contributed by atoms with van der Waals surface area (Å²) in [6, 6.07) is 4.56. The van der Waals surface area contributed by atoms with Gasteiger partial charge in [0.15, 0.2) is 11.5 Å². The molecule has 1 atom stereocenters. The average Bonchev–Trinajstić information content (AvgIpc) is 2.71. The molecule has 0 radical (unpaired) electrons. The van der Waals surface area contributed by atoms with Crippen LogP contribution in [0.25, 0.3) is 5.76 Å². The zero-order chi connectivity index (χ0) is 25.8. The lowest BCUT2D eigenvalue weighted by atomic mass is 9.70. The smallest absolute Gasteiger partial charge is 0.308 e. The number of rotatable bonds is 4. The third-order valence-electron chi connectivity index (χ3n) is 6.11. The summed E-state index contributed by atoms with van der Waals surface area (Å²) in [7, 11) is 3.65. The van der Waals surface area contributed by atoms with E-state index >= 15 is 0 Å². The SMILES string of the molecule is CC(=O)Oc1ccc(N(C)C)c2c1C(O)=C1C(=O)c3c(cc(O)c(C(N)=O)c3OC(C)=O)C[C@@H]1C2. The Hall–Kier alpha value is -4.34. The van der Waals surface area contributed by atoms with Gasteiger partial charge < -0.3 is 30.3 Å². The quantitative estimate of drug-likeness (QED) is 0.441. The summed E-state index contributed by atoms with van der Waals surface area (Å²) in [6.45, 7) is 2.31. The number of aliphatic hydroxyl groups is 1. The molecule has 182 valence electrons. The first-order chi connectivity index (χ1) is 16.4. The van der Waals surface area contributed by atoms with Crippen LogP contribution in [0.5, 0.6) is 17.2 Å². The fourth-order valence-corrected chi connectivity index (χ4v) is 4.87. The number of ketones is 1. The largest absolute Gasteiger partial charge is 0.507 e. The Balaban J connectivity index is 2.01. The second-order valence-corrected chi connectivity index (χ2v) is 8.71. The highest BCUT2D eigenvalue weighted by Crippen LogP contribution is 2.49. The Bertz CT molecular complexity index is 1360. The molecule has 0 saturated heterocycles. The number of amides is 1. The molecule has 0 aromatic heterocycles. The zero-order valence-electron chi connectivity index (χ0n) is 19.6. The molecule has 2 aliphatic rings. The summed E-state index contributed by atoms with van der Waals surface area (Å²) in [6.07, 6.45) is 0.523. The van der Waals surface area contributed by atoms with E-state index in [0.717, 1.165) is 12.6 Å². The Morgan fingerprint density at radius 3 is 2.26 bits per heavy atom. The lowest BCUT2D eigenvalue weighted by molar-refractivity contribution is -0.132. The Kier molecular flexibility index (Phi) is 5.75. The van der Waals surface area contributed by atoms with Crippen LogP contribution < -0.4 is 20.1 Å². The van der Waals surface area contributed by atoms with Crippen LogP contribution in [0.3, 0.4) is 0 Å². The number of hydrogen-bond donors (Lipinski definition) is 3. The molecule has 0 spiro atoms. The number of phenols is 1. The summed E-state index contributed by atoms with van der Waals surface area (Å²) in [5.41, 5.74) is 6.81. The summed E-state index contributed by atoms with van der Waals surface area (Å²) < 4.78 is 10.5. The minimum absolute atomic E-state index is 0.0313. The fourth-order valence-electron chi connectivity index (χ4n) is 4.87. The van der Waals surface area contributed by atoms with Crippen LogP contribution in [0.15, 0.2) is 23.8 Å². The van der Waals surface area contributed by atoms with Gasteiger partial charge in [0.25, 0.3) is 5.91 Å². The molecule has 4 rings (SSSR count). The molecule has 0 saturated carbocycles. The lowest BCUT2D eigenvalue weighted by Gasteiger charge is -2.35. The number of hydrogen-bond acceptors (Lipinski definition) is 9. The predicted molar refractivity (Wildman–Crippen MR) is 125 cm³/mol. The van der Waals surface area contributed by atoms with Crippen LogP contribution in [0.2, 0.25) is 0 Å². The molecule has 0 bridgehead atoms. The molecule has 10 heteroatoms. The number of aliphatic hydroxyl groups excluding tert-OH is 1. The van der Waals surface area contributed by atoms with Gasteiger partial charge in [-0.25, -0.2) is 0 Å². The van der Waals surface area contributed by atoms with Gasteiger partial charge >= 0.3 is 11.9 Å². The van der Waals surface area contributed by atoms with Crippen molar-refractivity contribution in [1.29, 1.82) is 0 Å². The maximum atomic E-state index is 13.8. The molecule has 2 aromatic carbocycles. The maximum absolute atomic E-state index is 13.8. The van der Waals surface area contributed by atoms with Crippen molar-refractivity contribution >= 4 is 35.1 Å². The second kappa shape index (κ2) is 8.46. The summed E-state index contributed by atoms with van der Waals surface area (Å²) >= 11 is 0. The highest BCUT2D eigenvalue weighted by atomic mass is 16.5. The molecule has 4 N–H and O–H groups in total. The number of carbonyl (C=O) groups is 4. The van der Waals surface area contributed by atoms with Crippen molar-refractivity contribution in [2.75, 3.05) is 19.0 Å². The number of carbonyl (C=O) groups excluding carboxylic acids is 4. The normalized spacial score (nSPS) is 16.1. The molecular weight excluding hydrogens is 456 g/mol. The standard InChI is InChI=1S/C25H24N2O8/c1-10(28)34-17-6-5-15(27(3)4)14-8-12-7-13-9-16(30)21(25(26)33)24(35-11(2)29)19(13)22(31)18(12)23(32)20(14)17/h5-6,9,12,30,32H,7-8H2,1-4H3,(H2,26,33)/t12-/m1/s1. The van der Waals surface area contributed by atoms with Gasteiger partial charge in [-0.05, 0) is 48.1 Å². The highest BCUT2D eigenvalue weighted by molar-refractivity contribution is 6.19. The van der Waals surface area contributed by atoms with E-state index in [1.165, 1.54) is 13.0 Å². The topological polar surface area (TPSA) is 156 Å². The number of Topliss-reactive ketones (excluding diaryl/α,β-unsaturated/α-hetero) is 1. The zero-order valence-corrected chi connectivity index (χ0v) is 19.6. The van der Waals surface area contributed by atoms with E-state index in [2.05, 4.69) is 0 Å². The minimum atomic E-state index is -1.09. The van der Waals surface area contributed by atoms with Gasteiger partial charge in [-0.2, -0.15) is 0 Å². The van der Waals surface area contributed by atoms with E-state index in [4.69, 9.17) is 15.2 Å². The lowest BCUT2D eigenvalue weighted by Crippen LogP contribution is -2.32. The van der Waals surface area contributed by atoms with E-state index in [1.807, 2.05) is 19.0 Å². The van der Waals surface area contributed by atoms with Gasteiger partial charge in [0.05, 0.1) is 11.1 Å². The van der Waals surface area contributed by atoms with Crippen LogP contribution in [-0.2, 0) is 22.4 Å². The molecule has 0 heterocycles. The summed E-state index contributed by atoms with van der Waals surface area (Å²) in [5.74, 6) is -4.90. The molecule has 0 aliphatic heterocycles. The molecule has 10 nitrogen and oxygen atoms in total. The number of ether oxygens (including phenoxy) is 2. The van der Waals surface area contributed by atoms with Crippen LogP contribution >= 0.6 is 0 Å². The van der Waals surface area contributed by atoms with E-state index in [-0.39, 0.29) is 34.6 Å². The average molecular weight is 480 g/mol. The van der Waals surface area contributed by atoms with E-state index in [9.17, 15) is 29.4 Å². The molecule has 0 fully saturated rings. The third kappa shape index (κ3) is 3.86. The first-order valence-corrected chi connectivity index (χ1v) is 10.8. The third-order valence-corrected chi connectivity index (χ3v) is 6.11. The maximum Gasteiger partial charge on any atom is 0.308 e. The van der Waals surface area contributed by atoms with Gasteiger partial charge in [0, 0.05) is 39.2 Å². The number of nitrogens with two attached hydrogens (primary N) is 1. The first kappa shape index (κ1) is 23.8. The second-order valence-electron chi connectivity index (χ2n) is 8.71.